The summed E-state index contributed by atoms with van der Waals surface area (Å²) in [6.07, 6.45) is 8.70. The zero-order chi connectivity index (χ0) is 25.4. The highest BCUT2D eigenvalue weighted by Gasteiger charge is 2.23. The maximum atomic E-state index is 15.3. The molecule has 0 spiro atoms. The first kappa shape index (κ1) is 23.2. The summed E-state index contributed by atoms with van der Waals surface area (Å²) in [4.78, 5) is 31.5. The highest BCUT2D eigenvalue weighted by atomic mass is 19.1. The number of fused-ring (bicyclic) bond motifs is 3. The quantitative estimate of drug-likeness (QED) is 0.339. The van der Waals surface area contributed by atoms with Crippen LogP contribution >= 0.6 is 0 Å². The van der Waals surface area contributed by atoms with E-state index in [0.717, 1.165) is 41.7 Å². The number of pyridine rings is 3. The van der Waals surface area contributed by atoms with Crippen molar-refractivity contribution >= 4 is 27.8 Å². The van der Waals surface area contributed by atoms with Crippen molar-refractivity contribution in [2.24, 2.45) is 0 Å². The van der Waals surface area contributed by atoms with Crippen molar-refractivity contribution in [2.75, 3.05) is 19.6 Å². The van der Waals surface area contributed by atoms with Gasteiger partial charge in [0.1, 0.15) is 11.5 Å². The summed E-state index contributed by atoms with van der Waals surface area (Å²) < 4.78 is 15.3. The Bertz CT molecular complexity index is 1580. The molecule has 186 valence electrons. The van der Waals surface area contributed by atoms with Crippen molar-refractivity contribution in [1.29, 1.82) is 0 Å². The second-order valence-electron chi connectivity index (χ2n) is 9.40. The zero-order valence-corrected chi connectivity index (χ0v) is 20.5. The van der Waals surface area contributed by atoms with Crippen LogP contribution in [0.2, 0.25) is 0 Å². The third-order valence-electron chi connectivity index (χ3n) is 7.26. The maximum absolute atomic E-state index is 15.3. The number of H-pyrrole nitrogens is 1. The predicted molar refractivity (Wildman–Crippen MR) is 143 cm³/mol. The minimum Gasteiger partial charge on any atom is -0.350 e. The van der Waals surface area contributed by atoms with Crippen molar-refractivity contribution in [2.45, 2.75) is 25.8 Å². The first-order valence-electron chi connectivity index (χ1n) is 12.6. The minimum absolute atomic E-state index is 0.117. The lowest BCUT2D eigenvalue weighted by atomic mass is 9.99. The first-order valence-corrected chi connectivity index (χ1v) is 12.6. The highest BCUT2D eigenvalue weighted by molar-refractivity contribution is 6.13. The lowest BCUT2D eigenvalue weighted by Crippen LogP contribution is -2.40. The average Bonchev–Trinajstić information content (AvgIpc) is 3.56. The Labute approximate surface area is 213 Å². The van der Waals surface area contributed by atoms with Crippen molar-refractivity contribution in [1.82, 2.24) is 30.2 Å². The third-order valence-corrected chi connectivity index (χ3v) is 7.26. The van der Waals surface area contributed by atoms with Gasteiger partial charge in [-0.2, -0.15) is 0 Å². The van der Waals surface area contributed by atoms with Gasteiger partial charge in [0.15, 0.2) is 0 Å². The molecule has 0 radical (unpaired) electrons. The van der Waals surface area contributed by atoms with Gasteiger partial charge in [0.25, 0.3) is 5.91 Å². The van der Waals surface area contributed by atoms with E-state index in [1.54, 1.807) is 42.9 Å². The van der Waals surface area contributed by atoms with Gasteiger partial charge in [-0.1, -0.05) is 19.1 Å². The standard InChI is InChI=1S/C29H27FN6O/c1-2-36-12-4-6-21(36)15-34-29(37)19-9-7-18(8-10-19)26-23(30)16-33-28-27(26)22-13-24(32-17-25(22)35-28)20-5-3-11-31-14-20/h3,5,7-11,13-14,16-17,21H,2,4,6,12,15H2,1H3,(H,33,35)(H,34,37)/t21-/m0/s1. The maximum Gasteiger partial charge on any atom is 0.251 e. The molecule has 7 nitrogen and oxygen atoms in total. The van der Waals surface area contributed by atoms with Gasteiger partial charge in [-0.25, -0.2) is 9.37 Å². The van der Waals surface area contributed by atoms with Crippen LogP contribution < -0.4 is 5.32 Å². The fourth-order valence-corrected chi connectivity index (χ4v) is 5.33. The van der Waals surface area contributed by atoms with Gasteiger partial charge in [-0.15, -0.1) is 0 Å². The molecule has 1 atom stereocenters. The molecule has 1 aliphatic rings. The molecule has 1 amide bonds. The number of rotatable bonds is 6. The molecule has 0 bridgehead atoms. The van der Waals surface area contributed by atoms with E-state index in [1.807, 2.05) is 18.2 Å². The number of carbonyl (C=O) groups excluding carboxylic acids is 1. The van der Waals surface area contributed by atoms with E-state index in [4.69, 9.17) is 0 Å². The number of aromatic nitrogens is 4. The van der Waals surface area contributed by atoms with Crippen LogP contribution in [0.25, 0.3) is 44.3 Å². The van der Waals surface area contributed by atoms with Crippen LogP contribution in [0, 0.1) is 5.82 Å². The van der Waals surface area contributed by atoms with Gasteiger partial charge in [-0.3, -0.25) is 19.7 Å². The third kappa shape index (κ3) is 4.34. The molecule has 8 heteroatoms. The number of nitrogens with one attached hydrogen (secondary N) is 2. The molecule has 0 unspecified atom stereocenters. The zero-order valence-electron chi connectivity index (χ0n) is 20.5. The number of aromatic amines is 1. The number of hydrogen-bond acceptors (Lipinski definition) is 5. The number of likely N-dealkylation sites (N-methyl/N-ethyl adjacent to an activating group) is 1. The molecule has 0 aliphatic carbocycles. The summed E-state index contributed by atoms with van der Waals surface area (Å²) >= 11 is 0. The van der Waals surface area contributed by atoms with Crippen LogP contribution in [-0.4, -0.2) is 56.4 Å². The molecule has 4 aromatic heterocycles. The Morgan fingerprint density at radius 3 is 2.78 bits per heavy atom. The smallest absolute Gasteiger partial charge is 0.251 e. The van der Waals surface area contributed by atoms with E-state index in [0.29, 0.717) is 40.3 Å². The summed E-state index contributed by atoms with van der Waals surface area (Å²) in [6.45, 7) is 4.87. The van der Waals surface area contributed by atoms with Crippen LogP contribution in [0.5, 0.6) is 0 Å². The van der Waals surface area contributed by atoms with E-state index in [-0.39, 0.29) is 5.91 Å². The summed E-state index contributed by atoms with van der Waals surface area (Å²) in [7, 11) is 0. The van der Waals surface area contributed by atoms with Crippen LogP contribution in [0.4, 0.5) is 4.39 Å². The molecule has 1 saturated heterocycles. The Hall–Kier alpha value is -4.17. The van der Waals surface area contributed by atoms with Gasteiger partial charge in [0.05, 0.1) is 23.6 Å². The second-order valence-corrected chi connectivity index (χ2v) is 9.40. The number of hydrogen-bond donors (Lipinski definition) is 2. The van der Waals surface area contributed by atoms with Crippen LogP contribution in [0.15, 0.2) is 67.3 Å². The Morgan fingerprint density at radius 1 is 1.14 bits per heavy atom. The monoisotopic (exact) mass is 494 g/mol. The van der Waals surface area contributed by atoms with Crippen molar-refractivity contribution in [3.05, 3.63) is 78.6 Å². The number of likely N-dealkylation sites (tertiary alicyclic amines) is 1. The molecule has 2 N–H and O–H groups in total. The Balaban J connectivity index is 1.33. The van der Waals surface area contributed by atoms with Crippen molar-refractivity contribution in [3.8, 4) is 22.4 Å². The van der Waals surface area contributed by atoms with Gasteiger partial charge in [-0.05, 0) is 61.8 Å². The highest BCUT2D eigenvalue weighted by Crippen LogP contribution is 2.36. The summed E-state index contributed by atoms with van der Waals surface area (Å²) in [6, 6.07) is 13.2. The summed E-state index contributed by atoms with van der Waals surface area (Å²) in [5, 5.41) is 4.57. The van der Waals surface area contributed by atoms with Crippen LogP contribution in [0.1, 0.15) is 30.1 Å². The molecule has 5 aromatic rings. The normalized spacial score (nSPS) is 16.0. The Kier molecular flexibility index (Phi) is 6.10. The van der Waals surface area contributed by atoms with E-state index in [9.17, 15) is 4.79 Å². The molecular formula is C29H27FN6O. The Morgan fingerprint density at radius 2 is 2.00 bits per heavy atom. The molecule has 1 fully saturated rings. The molecule has 5 heterocycles. The van der Waals surface area contributed by atoms with Gasteiger partial charge in [0.2, 0.25) is 0 Å². The van der Waals surface area contributed by atoms with E-state index < -0.39 is 5.82 Å². The number of carbonyl (C=O) groups is 1. The number of nitrogens with zero attached hydrogens (tertiary/aromatic N) is 4. The van der Waals surface area contributed by atoms with Gasteiger partial charge >= 0.3 is 0 Å². The molecule has 37 heavy (non-hydrogen) atoms. The molecule has 6 rings (SSSR count). The SMILES string of the molecule is CCN1CCC[C@H]1CNC(=O)c1ccc(-c2c(F)cnc3[nH]c4cnc(-c5cccnc5)cc4c23)cc1. The summed E-state index contributed by atoms with van der Waals surface area (Å²) in [5.74, 6) is -0.541. The lowest BCUT2D eigenvalue weighted by molar-refractivity contribution is 0.0941. The van der Waals surface area contributed by atoms with E-state index in [2.05, 4.69) is 37.1 Å². The van der Waals surface area contributed by atoms with E-state index in [1.165, 1.54) is 12.6 Å². The molecule has 1 aliphatic heterocycles. The molecule has 1 aromatic carbocycles. The number of benzene rings is 1. The van der Waals surface area contributed by atoms with Gasteiger partial charge in [0, 0.05) is 52.4 Å². The summed E-state index contributed by atoms with van der Waals surface area (Å²) in [5.41, 5.74) is 4.64. The number of amides is 1. The van der Waals surface area contributed by atoms with Crippen LogP contribution in [0.3, 0.4) is 0 Å². The average molecular weight is 495 g/mol. The first-order chi connectivity index (χ1) is 18.1. The number of halogens is 1. The fraction of sp³-hybridized carbons (Fsp3) is 0.241. The van der Waals surface area contributed by atoms with Crippen LogP contribution in [-0.2, 0) is 0 Å². The minimum atomic E-state index is -0.425. The molecular weight excluding hydrogens is 467 g/mol. The topological polar surface area (TPSA) is 86.8 Å². The van der Waals surface area contributed by atoms with E-state index >= 15 is 4.39 Å². The second kappa shape index (κ2) is 9.71. The van der Waals surface area contributed by atoms with Gasteiger partial charge < -0.3 is 10.3 Å². The lowest BCUT2D eigenvalue weighted by Gasteiger charge is -2.22. The fourth-order valence-electron chi connectivity index (χ4n) is 5.33. The van der Waals surface area contributed by atoms with Crippen molar-refractivity contribution in [3.63, 3.8) is 0 Å². The predicted octanol–water partition coefficient (Wildman–Crippen LogP) is 5.19. The van der Waals surface area contributed by atoms with Crippen molar-refractivity contribution < 1.29 is 9.18 Å². The molecule has 0 saturated carbocycles. The largest absolute Gasteiger partial charge is 0.350 e.